The summed E-state index contributed by atoms with van der Waals surface area (Å²) in [7, 11) is 1.74. The van der Waals surface area contributed by atoms with Crippen molar-refractivity contribution in [2.24, 2.45) is 0 Å². The van der Waals surface area contributed by atoms with Crippen molar-refractivity contribution in [3.63, 3.8) is 0 Å². The molecule has 1 fully saturated rings. The predicted octanol–water partition coefficient (Wildman–Crippen LogP) is 0.898. The number of hydrogen-bond acceptors (Lipinski definition) is 6. The molecule has 2 amide bonds. The topological polar surface area (TPSA) is 100 Å². The van der Waals surface area contributed by atoms with Gasteiger partial charge in [-0.1, -0.05) is 18.3 Å². The second-order valence-corrected chi connectivity index (χ2v) is 6.14. The van der Waals surface area contributed by atoms with Crippen LogP contribution in [-0.2, 0) is 4.79 Å². The zero-order valence-corrected chi connectivity index (χ0v) is 13.1. The Bertz CT molecular complexity index is 531. The lowest BCUT2D eigenvalue weighted by Gasteiger charge is -2.29. The summed E-state index contributed by atoms with van der Waals surface area (Å²) >= 11 is 1.26. The summed E-state index contributed by atoms with van der Waals surface area (Å²) in [6.45, 7) is 3.38. The van der Waals surface area contributed by atoms with Crippen molar-refractivity contribution >= 4 is 34.1 Å². The van der Waals surface area contributed by atoms with Crippen LogP contribution in [0.2, 0.25) is 0 Å². The highest BCUT2D eigenvalue weighted by molar-refractivity contribution is 7.18. The summed E-state index contributed by atoms with van der Waals surface area (Å²) in [6, 6.07) is -0.0336. The quantitative estimate of drug-likeness (QED) is 0.750. The molecule has 2 rings (SSSR count). The Morgan fingerprint density at radius 2 is 2.33 bits per heavy atom. The highest BCUT2D eigenvalue weighted by atomic mass is 32.1. The number of nitrogens with one attached hydrogen (secondary N) is 2. The number of nitrogens with two attached hydrogens (primary N) is 1. The first kappa shape index (κ1) is 15.6. The number of piperidine rings is 1. The van der Waals surface area contributed by atoms with Crippen LogP contribution in [0.4, 0.5) is 10.9 Å². The molecule has 1 aliphatic rings. The zero-order chi connectivity index (χ0) is 15.4. The SMILES string of the molecule is CCCNc1nc(N)c(C(=O)NC2CCC(=O)N(C)C2)s1. The predicted molar refractivity (Wildman–Crippen MR) is 83.4 cm³/mol. The van der Waals surface area contributed by atoms with Crippen LogP contribution < -0.4 is 16.4 Å². The standard InChI is InChI=1S/C13H21N5O2S/c1-3-6-15-13-17-11(14)10(21-13)12(20)16-8-4-5-9(19)18(2)7-8/h8H,3-7,14H2,1-2H3,(H,15,17)(H,16,20). The lowest BCUT2D eigenvalue weighted by Crippen LogP contribution is -2.48. The van der Waals surface area contributed by atoms with Crippen molar-refractivity contribution < 1.29 is 9.59 Å². The maximum absolute atomic E-state index is 12.3. The molecule has 7 nitrogen and oxygen atoms in total. The number of anilines is 2. The molecule has 0 saturated carbocycles. The molecule has 2 heterocycles. The van der Waals surface area contributed by atoms with Crippen LogP contribution in [0.15, 0.2) is 0 Å². The zero-order valence-electron chi connectivity index (χ0n) is 12.3. The fourth-order valence-corrected chi connectivity index (χ4v) is 3.00. The number of nitrogens with zero attached hydrogens (tertiary/aromatic N) is 2. The number of likely N-dealkylation sites (tertiary alicyclic amines) is 1. The van der Waals surface area contributed by atoms with E-state index in [1.807, 2.05) is 0 Å². The summed E-state index contributed by atoms with van der Waals surface area (Å²) in [4.78, 5) is 29.9. The molecule has 0 bridgehead atoms. The van der Waals surface area contributed by atoms with Crippen LogP contribution in [0.3, 0.4) is 0 Å². The molecule has 1 unspecified atom stereocenters. The van der Waals surface area contributed by atoms with Crippen molar-refractivity contribution in [1.29, 1.82) is 0 Å². The van der Waals surface area contributed by atoms with Crippen LogP contribution in [0.5, 0.6) is 0 Å². The Labute approximate surface area is 127 Å². The van der Waals surface area contributed by atoms with Gasteiger partial charge in [-0.3, -0.25) is 9.59 Å². The molecule has 1 aliphatic heterocycles. The van der Waals surface area contributed by atoms with Gasteiger partial charge in [-0.25, -0.2) is 4.98 Å². The van der Waals surface area contributed by atoms with E-state index >= 15 is 0 Å². The third-order valence-electron chi connectivity index (χ3n) is 3.35. The maximum atomic E-state index is 12.3. The van der Waals surface area contributed by atoms with Gasteiger partial charge in [0.25, 0.3) is 5.91 Å². The fourth-order valence-electron chi connectivity index (χ4n) is 2.18. The second kappa shape index (κ2) is 6.75. The van der Waals surface area contributed by atoms with Crippen LogP contribution in [-0.4, -0.2) is 47.9 Å². The first-order valence-corrected chi connectivity index (χ1v) is 7.88. The van der Waals surface area contributed by atoms with Gasteiger partial charge >= 0.3 is 0 Å². The third kappa shape index (κ3) is 3.84. The van der Waals surface area contributed by atoms with Gasteiger partial charge in [0.15, 0.2) is 5.13 Å². The van der Waals surface area contributed by atoms with Crippen molar-refractivity contribution in [3.05, 3.63) is 4.88 Å². The average Bonchev–Trinajstić information content (AvgIpc) is 2.82. The molecular formula is C13H21N5O2S. The molecule has 1 aromatic rings. The number of amides is 2. The highest BCUT2D eigenvalue weighted by Gasteiger charge is 2.26. The molecule has 0 spiro atoms. The minimum Gasteiger partial charge on any atom is -0.382 e. The smallest absolute Gasteiger partial charge is 0.265 e. The number of aromatic nitrogens is 1. The minimum atomic E-state index is -0.220. The molecule has 21 heavy (non-hydrogen) atoms. The molecule has 0 aliphatic carbocycles. The fraction of sp³-hybridized carbons (Fsp3) is 0.615. The van der Waals surface area contributed by atoms with E-state index in [-0.39, 0.29) is 23.7 Å². The average molecular weight is 311 g/mol. The Balaban J connectivity index is 1.97. The largest absolute Gasteiger partial charge is 0.382 e. The van der Waals surface area contributed by atoms with Gasteiger partial charge < -0.3 is 21.3 Å². The number of thiazole rings is 1. The van der Waals surface area contributed by atoms with Crippen LogP contribution in [0.25, 0.3) is 0 Å². The van der Waals surface area contributed by atoms with E-state index in [0.29, 0.717) is 29.4 Å². The van der Waals surface area contributed by atoms with Gasteiger partial charge in [0, 0.05) is 32.6 Å². The monoisotopic (exact) mass is 311 g/mol. The van der Waals surface area contributed by atoms with Crippen molar-refractivity contribution in [1.82, 2.24) is 15.2 Å². The molecule has 0 radical (unpaired) electrons. The highest BCUT2D eigenvalue weighted by Crippen LogP contribution is 2.25. The van der Waals surface area contributed by atoms with E-state index in [1.165, 1.54) is 11.3 Å². The van der Waals surface area contributed by atoms with Gasteiger partial charge in [-0.15, -0.1) is 0 Å². The number of nitrogen functional groups attached to an aromatic ring is 1. The van der Waals surface area contributed by atoms with E-state index in [0.717, 1.165) is 13.0 Å². The molecule has 1 saturated heterocycles. The lowest BCUT2D eigenvalue weighted by molar-refractivity contribution is -0.132. The number of hydrogen-bond donors (Lipinski definition) is 3. The van der Waals surface area contributed by atoms with Crippen LogP contribution in [0, 0.1) is 0 Å². The Kier molecular flexibility index (Phi) is 5.00. The first-order chi connectivity index (χ1) is 10.0. The molecule has 4 N–H and O–H groups in total. The molecule has 116 valence electrons. The summed E-state index contributed by atoms with van der Waals surface area (Å²) in [5.74, 6) is 0.141. The molecule has 1 aromatic heterocycles. The lowest BCUT2D eigenvalue weighted by atomic mass is 10.1. The van der Waals surface area contributed by atoms with E-state index in [2.05, 4.69) is 22.5 Å². The maximum Gasteiger partial charge on any atom is 0.265 e. The van der Waals surface area contributed by atoms with Gasteiger partial charge in [0.05, 0.1) is 0 Å². The van der Waals surface area contributed by atoms with E-state index < -0.39 is 0 Å². The van der Waals surface area contributed by atoms with Gasteiger partial charge in [0.2, 0.25) is 5.91 Å². The van der Waals surface area contributed by atoms with E-state index in [4.69, 9.17) is 5.73 Å². The van der Waals surface area contributed by atoms with Crippen molar-refractivity contribution in [2.45, 2.75) is 32.2 Å². The normalized spacial score (nSPS) is 18.7. The Morgan fingerprint density at radius 3 is 3.00 bits per heavy atom. The van der Waals surface area contributed by atoms with Crippen molar-refractivity contribution in [3.8, 4) is 0 Å². The third-order valence-corrected chi connectivity index (χ3v) is 4.38. The number of rotatable bonds is 5. The summed E-state index contributed by atoms with van der Waals surface area (Å²) in [5.41, 5.74) is 5.80. The number of carbonyl (C=O) groups is 2. The molecule has 8 heteroatoms. The first-order valence-electron chi connectivity index (χ1n) is 7.06. The Morgan fingerprint density at radius 1 is 1.57 bits per heavy atom. The molecule has 1 atom stereocenters. The summed E-state index contributed by atoms with van der Waals surface area (Å²) < 4.78 is 0. The van der Waals surface area contributed by atoms with Crippen LogP contribution >= 0.6 is 11.3 Å². The van der Waals surface area contributed by atoms with Gasteiger partial charge in [-0.2, -0.15) is 0 Å². The van der Waals surface area contributed by atoms with Crippen molar-refractivity contribution in [2.75, 3.05) is 31.2 Å². The molecular weight excluding hydrogens is 290 g/mol. The number of likely N-dealkylation sites (N-methyl/N-ethyl adjacent to an activating group) is 1. The molecule has 0 aromatic carbocycles. The summed E-state index contributed by atoms with van der Waals surface area (Å²) in [6.07, 6.45) is 2.10. The number of carbonyl (C=O) groups excluding carboxylic acids is 2. The van der Waals surface area contributed by atoms with Crippen LogP contribution in [0.1, 0.15) is 35.9 Å². The van der Waals surface area contributed by atoms with E-state index in [1.54, 1.807) is 11.9 Å². The van der Waals surface area contributed by atoms with Gasteiger partial charge in [0.1, 0.15) is 10.7 Å². The second-order valence-electron chi connectivity index (χ2n) is 5.14. The Hall–Kier alpha value is -1.83. The van der Waals surface area contributed by atoms with Gasteiger partial charge in [-0.05, 0) is 12.8 Å². The minimum absolute atomic E-state index is 0.0336. The summed E-state index contributed by atoms with van der Waals surface area (Å²) in [5, 5.41) is 6.71. The van der Waals surface area contributed by atoms with E-state index in [9.17, 15) is 9.59 Å².